The van der Waals surface area contributed by atoms with Crippen LogP contribution in [-0.4, -0.2) is 12.0 Å². The van der Waals surface area contributed by atoms with Gasteiger partial charge in [0.05, 0.1) is 12.7 Å². The summed E-state index contributed by atoms with van der Waals surface area (Å²) >= 11 is 0. The molecule has 0 aliphatic heterocycles. The predicted octanol–water partition coefficient (Wildman–Crippen LogP) is 1.41. The van der Waals surface area contributed by atoms with Gasteiger partial charge in [-0.3, -0.25) is 0 Å². The molecule has 1 N–H and O–H groups in total. The molecule has 1 heterocycles. The van der Waals surface area contributed by atoms with Crippen LogP contribution in [0.25, 0.3) is 0 Å². The Morgan fingerprint density at radius 1 is 1.58 bits per heavy atom. The van der Waals surface area contributed by atoms with Crippen molar-refractivity contribution in [1.29, 1.82) is 0 Å². The zero-order valence-electron chi connectivity index (χ0n) is 6.27. The van der Waals surface area contributed by atoms with Crippen molar-refractivity contribution < 1.29 is 17.6 Å². The van der Waals surface area contributed by atoms with E-state index in [0.29, 0.717) is 0 Å². The molecule has 3 nitrogen and oxygen atoms in total. The summed E-state index contributed by atoms with van der Waals surface area (Å²) in [5, 5.41) is 2.65. The smallest absolute Gasteiger partial charge is 0.437 e. The molecule has 0 aliphatic carbocycles. The largest absolute Gasteiger partial charge is 0.468 e. The molecule has 68 valence electrons. The van der Waals surface area contributed by atoms with Crippen LogP contribution >= 0.6 is 0 Å². The molecule has 0 spiro atoms. The number of oxazole rings is 1. The van der Waals surface area contributed by atoms with Crippen LogP contribution in [0.2, 0.25) is 0 Å². The Bertz CT molecular complexity index is 256. The molecule has 1 aromatic heterocycles. The second kappa shape index (κ2) is 3.14. The maximum atomic E-state index is 11.9. The summed E-state index contributed by atoms with van der Waals surface area (Å²) in [7, 11) is 1.61. The van der Waals surface area contributed by atoms with Crippen LogP contribution in [0.15, 0.2) is 10.6 Å². The topological polar surface area (TPSA) is 38.1 Å². The first kappa shape index (κ1) is 9.05. The number of halogens is 3. The lowest BCUT2D eigenvalue weighted by Crippen LogP contribution is -2.05. The lowest BCUT2D eigenvalue weighted by Gasteiger charge is -1.98. The molecule has 0 bridgehead atoms. The van der Waals surface area contributed by atoms with E-state index in [1.807, 2.05) is 0 Å². The highest BCUT2D eigenvalue weighted by molar-refractivity contribution is 4.96. The average Bonchev–Trinajstić information content (AvgIpc) is 2.35. The Hall–Kier alpha value is -1.04. The Morgan fingerprint density at radius 3 is 2.67 bits per heavy atom. The summed E-state index contributed by atoms with van der Waals surface area (Å²) in [5.74, 6) is -1.03. The molecule has 0 unspecified atom stereocenters. The lowest BCUT2D eigenvalue weighted by molar-refractivity contribution is -0.157. The summed E-state index contributed by atoms with van der Waals surface area (Å²) < 4.78 is 40.0. The van der Waals surface area contributed by atoms with Gasteiger partial charge in [-0.1, -0.05) is 0 Å². The first-order valence-electron chi connectivity index (χ1n) is 3.20. The Balaban J connectivity index is 2.77. The van der Waals surface area contributed by atoms with Crippen molar-refractivity contribution in [3.8, 4) is 0 Å². The first-order valence-corrected chi connectivity index (χ1v) is 3.20. The van der Waals surface area contributed by atoms with Crippen molar-refractivity contribution in [2.24, 2.45) is 0 Å². The van der Waals surface area contributed by atoms with Gasteiger partial charge in [0.1, 0.15) is 5.76 Å². The lowest BCUT2D eigenvalue weighted by atomic mass is 10.5. The van der Waals surface area contributed by atoms with E-state index in [1.54, 1.807) is 7.05 Å². The molecule has 1 aromatic rings. The molecule has 12 heavy (non-hydrogen) atoms. The normalized spacial score (nSPS) is 12.0. The van der Waals surface area contributed by atoms with E-state index in [4.69, 9.17) is 0 Å². The fourth-order valence-corrected chi connectivity index (χ4v) is 0.695. The van der Waals surface area contributed by atoms with E-state index in [9.17, 15) is 13.2 Å². The minimum Gasteiger partial charge on any atom is -0.437 e. The molecular weight excluding hydrogens is 173 g/mol. The van der Waals surface area contributed by atoms with E-state index in [0.717, 1.165) is 6.20 Å². The average molecular weight is 180 g/mol. The number of nitrogens with one attached hydrogen (secondary N) is 1. The monoisotopic (exact) mass is 180 g/mol. The van der Waals surface area contributed by atoms with Crippen molar-refractivity contribution in [1.82, 2.24) is 10.3 Å². The third-order valence-electron chi connectivity index (χ3n) is 1.15. The molecule has 0 saturated heterocycles. The standard InChI is InChI=1S/C6H7F3N2O/c1-10-2-4-3-11-5(12-4)6(7,8)9/h3,10H,2H2,1H3. The quantitative estimate of drug-likeness (QED) is 0.747. The second-order valence-corrected chi connectivity index (χ2v) is 2.16. The van der Waals surface area contributed by atoms with Gasteiger partial charge in [-0.05, 0) is 7.05 Å². The number of nitrogens with zero attached hydrogens (tertiary/aromatic N) is 1. The maximum absolute atomic E-state index is 11.9. The summed E-state index contributed by atoms with van der Waals surface area (Å²) in [5.41, 5.74) is 0. The third-order valence-corrected chi connectivity index (χ3v) is 1.15. The predicted molar refractivity (Wildman–Crippen MR) is 34.3 cm³/mol. The molecule has 6 heteroatoms. The zero-order valence-corrected chi connectivity index (χ0v) is 6.27. The van der Waals surface area contributed by atoms with Crippen molar-refractivity contribution in [2.75, 3.05) is 7.05 Å². The van der Waals surface area contributed by atoms with E-state index in [2.05, 4.69) is 14.7 Å². The SMILES string of the molecule is CNCc1cnc(C(F)(F)F)o1. The highest BCUT2D eigenvalue weighted by Crippen LogP contribution is 2.28. The molecule has 0 radical (unpaired) electrons. The van der Waals surface area contributed by atoms with Crippen LogP contribution < -0.4 is 5.32 Å². The zero-order chi connectivity index (χ0) is 9.19. The van der Waals surface area contributed by atoms with Gasteiger partial charge in [-0.2, -0.15) is 13.2 Å². The Morgan fingerprint density at radius 2 is 2.25 bits per heavy atom. The molecule has 0 atom stereocenters. The summed E-state index contributed by atoms with van der Waals surface area (Å²) in [6, 6.07) is 0. The molecule has 0 saturated carbocycles. The van der Waals surface area contributed by atoms with Crippen LogP contribution in [0.3, 0.4) is 0 Å². The van der Waals surface area contributed by atoms with Crippen LogP contribution in [0.1, 0.15) is 11.7 Å². The minimum absolute atomic E-state index is 0.171. The minimum atomic E-state index is -4.49. The molecule has 0 fully saturated rings. The van der Waals surface area contributed by atoms with E-state index < -0.39 is 12.1 Å². The van der Waals surface area contributed by atoms with Crippen LogP contribution in [-0.2, 0) is 12.7 Å². The number of aromatic nitrogens is 1. The van der Waals surface area contributed by atoms with Gasteiger partial charge in [0.15, 0.2) is 0 Å². The summed E-state index contributed by atoms with van der Waals surface area (Å²) in [6.07, 6.45) is -3.44. The van der Waals surface area contributed by atoms with Crippen LogP contribution in [0, 0.1) is 0 Å². The Labute approximate surface area is 66.6 Å². The molecule has 0 aliphatic rings. The van der Waals surface area contributed by atoms with Crippen molar-refractivity contribution >= 4 is 0 Å². The fraction of sp³-hybridized carbons (Fsp3) is 0.500. The van der Waals surface area contributed by atoms with Crippen LogP contribution in [0.5, 0.6) is 0 Å². The van der Waals surface area contributed by atoms with Gasteiger partial charge in [-0.15, -0.1) is 0 Å². The highest BCUT2D eigenvalue weighted by Gasteiger charge is 2.36. The highest BCUT2D eigenvalue weighted by atomic mass is 19.4. The molecule has 0 aromatic carbocycles. The maximum Gasteiger partial charge on any atom is 0.468 e. The van der Waals surface area contributed by atoms with E-state index >= 15 is 0 Å². The first-order chi connectivity index (χ1) is 5.54. The number of alkyl halides is 3. The van der Waals surface area contributed by atoms with Crippen LogP contribution in [0.4, 0.5) is 13.2 Å². The fourth-order valence-electron chi connectivity index (χ4n) is 0.695. The summed E-state index contributed by atoms with van der Waals surface area (Å²) in [6.45, 7) is 0.239. The van der Waals surface area contributed by atoms with Crippen molar-refractivity contribution in [3.05, 3.63) is 17.8 Å². The molecular formula is C6H7F3N2O. The van der Waals surface area contributed by atoms with Gasteiger partial charge in [0.25, 0.3) is 0 Å². The molecule has 1 rings (SSSR count). The number of hydrogen-bond donors (Lipinski definition) is 1. The second-order valence-electron chi connectivity index (χ2n) is 2.16. The van der Waals surface area contributed by atoms with E-state index in [1.165, 1.54) is 0 Å². The van der Waals surface area contributed by atoms with Gasteiger partial charge in [0.2, 0.25) is 0 Å². The van der Waals surface area contributed by atoms with Crippen molar-refractivity contribution in [2.45, 2.75) is 12.7 Å². The van der Waals surface area contributed by atoms with Gasteiger partial charge < -0.3 is 9.73 Å². The van der Waals surface area contributed by atoms with Crippen molar-refractivity contribution in [3.63, 3.8) is 0 Å². The van der Waals surface area contributed by atoms with Gasteiger partial charge in [-0.25, -0.2) is 4.98 Å². The molecule has 0 amide bonds. The van der Waals surface area contributed by atoms with Gasteiger partial charge >= 0.3 is 12.1 Å². The van der Waals surface area contributed by atoms with E-state index in [-0.39, 0.29) is 12.3 Å². The Kier molecular flexibility index (Phi) is 2.37. The summed E-state index contributed by atoms with van der Waals surface area (Å²) in [4.78, 5) is 3.07. The number of hydrogen-bond acceptors (Lipinski definition) is 3. The number of rotatable bonds is 2. The third kappa shape index (κ3) is 1.97. The van der Waals surface area contributed by atoms with Gasteiger partial charge in [0, 0.05) is 0 Å².